The molecule has 0 saturated heterocycles. The fourth-order valence-corrected chi connectivity index (χ4v) is 5.71. The van der Waals surface area contributed by atoms with Crippen LogP contribution in [0.5, 0.6) is 0 Å². The van der Waals surface area contributed by atoms with E-state index in [1.807, 2.05) is 32.8 Å². The Labute approximate surface area is 257 Å². The van der Waals surface area contributed by atoms with Gasteiger partial charge in [0, 0.05) is 43.3 Å². The molecule has 4 rings (SSSR count). The number of rotatable bonds is 12. The van der Waals surface area contributed by atoms with Crippen LogP contribution in [0, 0.1) is 0 Å². The molecule has 228 valence electrons. The zero-order valence-electron chi connectivity index (χ0n) is 24.8. The molecule has 0 aliphatic rings. The van der Waals surface area contributed by atoms with Crippen LogP contribution in [-0.4, -0.2) is 74.8 Å². The van der Waals surface area contributed by atoms with Crippen molar-refractivity contribution in [2.75, 3.05) is 43.1 Å². The van der Waals surface area contributed by atoms with Gasteiger partial charge in [0.15, 0.2) is 5.13 Å². The van der Waals surface area contributed by atoms with Gasteiger partial charge in [0.25, 0.3) is 23.6 Å². The number of hydrogen-bond acceptors (Lipinski definition) is 9. The summed E-state index contributed by atoms with van der Waals surface area (Å²) in [4.78, 5) is 62.6. The van der Waals surface area contributed by atoms with Gasteiger partial charge in [-0.05, 0) is 45.1 Å². The molecule has 4 heterocycles. The summed E-state index contributed by atoms with van der Waals surface area (Å²) in [6.07, 6.45) is 4.06. The summed E-state index contributed by atoms with van der Waals surface area (Å²) in [6, 6.07) is 3.11. The van der Waals surface area contributed by atoms with Crippen LogP contribution in [0.15, 0.2) is 35.4 Å². The van der Waals surface area contributed by atoms with Crippen molar-refractivity contribution in [3.8, 4) is 0 Å². The molecule has 0 aliphatic heterocycles. The van der Waals surface area contributed by atoms with E-state index < -0.39 is 11.8 Å². The lowest BCUT2D eigenvalue weighted by molar-refractivity contribution is 0.0944. The van der Waals surface area contributed by atoms with Gasteiger partial charge in [0.2, 0.25) is 0 Å². The molecular weight excluding hydrogens is 591 g/mol. The van der Waals surface area contributed by atoms with E-state index in [1.54, 1.807) is 58.6 Å². The minimum absolute atomic E-state index is 0.0428. The average molecular weight is 626 g/mol. The average Bonchev–Trinajstić information content (AvgIpc) is 3.73. The molecule has 0 bridgehead atoms. The van der Waals surface area contributed by atoms with E-state index in [1.165, 1.54) is 22.7 Å². The van der Waals surface area contributed by atoms with Crippen molar-refractivity contribution in [1.29, 1.82) is 0 Å². The topological polar surface area (TPSA) is 155 Å². The highest BCUT2D eigenvalue weighted by Crippen LogP contribution is 2.30. The highest BCUT2D eigenvalue weighted by atomic mass is 32.1. The Morgan fingerprint density at radius 3 is 2.07 bits per heavy atom. The van der Waals surface area contributed by atoms with E-state index in [4.69, 9.17) is 0 Å². The van der Waals surface area contributed by atoms with Crippen LogP contribution in [0.3, 0.4) is 0 Å². The lowest BCUT2D eigenvalue weighted by Gasteiger charge is -2.10. The van der Waals surface area contributed by atoms with Crippen molar-refractivity contribution in [3.63, 3.8) is 0 Å². The van der Waals surface area contributed by atoms with Crippen LogP contribution in [0.4, 0.5) is 16.5 Å². The van der Waals surface area contributed by atoms with E-state index in [9.17, 15) is 19.2 Å². The Morgan fingerprint density at radius 2 is 1.51 bits per heavy atom. The third-order valence-electron chi connectivity index (χ3n) is 6.34. The lowest BCUT2D eigenvalue weighted by Crippen LogP contribution is -2.28. The Bertz CT molecular complexity index is 1620. The summed E-state index contributed by atoms with van der Waals surface area (Å²) in [5.74, 6) is -1.45. The van der Waals surface area contributed by atoms with Crippen LogP contribution in [-0.2, 0) is 14.1 Å². The van der Waals surface area contributed by atoms with Crippen molar-refractivity contribution in [2.45, 2.75) is 26.2 Å². The molecule has 0 spiro atoms. The quantitative estimate of drug-likeness (QED) is 0.174. The summed E-state index contributed by atoms with van der Waals surface area (Å²) in [5.41, 5.74) is 3.62. The summed E-state index contributed by atoms with van der Waals surface area (Å²) < 4.78 is 3.18. The molecule has 13 nitrogen and oxygen atoms in total. The SMILES string of the molecule is CC(C)c1sc(NC(=O)c2cc(NC(=O)c3cc(NC(=O)c4cscn4)cn3C)cn2C)nc1C(=O)NCCCN(C)C. The predicted molar refractivity (Wildman–Crippen MR) is 169 cm³/mol. The summed E-state index contributed by atoms with van der Waals surface area (Å²) in [6.45, 7) is 5.32. The maximum absolute atomic E-state index is 13.2. The van der Waals surface area contributed by atoms with Gasteiger partial charge in [-0.25, -0.2) is 9.97 Å². The number of aryl methyl sites for hydroxylation is 2. The molecule has 4 aromatic rings. The zero-order valence-corrected chi connectivity index (χ0v) is 26.5. The molecule has 0 saturated carbocycles. The van der Waals surface area contributed by atoms with Gasteiger partial charge in [0.05, 0.1) is 16.9 Å². The van der Waals surface area contributed by atoms with Crippen LogP contribution in [0.1, 0.15) is 73.0 Å². The van der Waals surface area contributed by atoms with Gasteiger partial charge in [-0.3, -0.25) is 24.5 Å². The molecule has 0 aliphatic carbocycles. The fourth-order valence-electron chi connectivity index (χ4n) is 4.21. The van der Waals surface area contributed by atoms with E-state index >= 15 is 0 Å². The maximum Gasteiger partial charge on any atom is 0.275 e. The van der Waals surface area contributed by atoms with Gasteiger partial charge < -0.3 is 30.0 Å². The van der Waals surface area contributed by atoms with E-state index in [0.29, 0.717) is 40.1 Å². The first-order valence-electron chi connectivity index (χ1n) is 13.5. The molecule has 15 heteroatoms. The second kappa shape index (κ2) is 13.8. The summed E-state index contributed by atoms with van der Waals surface area (Å²) in [5, 5.41) is 13.2. The van der Waals surface area contributed by atoms with E-state index in [2.05, 4.69) is 31.2 Å². The molecule has 4 aromatic heterocycles. The number of anilines is 3. The number of hydrogen-bond donors (Lipinski definition) is 4. The van der Waals surface area contributed by atoms with Crippen molar-refractivity contribution in [3.05, 3.63) is 63.1 Å². The third kappa shape index (κ3) is 7.94. The van der Waals surface area contributed by atoms with E-state index in [-0.39, 0.29) is 23.4 Å². The predicted octanol–water partition coefficient (Wildman–Crippen LogP) is 3.84. The Balaban J connectivity index is 1.41. The molecule has 4 N–H and O–H groups in total. The Morgan fingerprint density at radius 1 is 0.907 bits per heavy atom. The van der Waals surface area contributed by atoms with E-state index in [0.717, 1.165) is 17.8 Å². The molecule has 0 radical (unpaired) electrons. The van der Waals surface area contributed by atoms with Gasteiger partial charge in [-0.1, -0.05) is 13.8 Å². The smallest absolute Gasteiger partial charge is 0.275 e. The van der Waals surface area contributed by atoms with Gasteiger partial charge in [-0.2, -0.15) is 0 Å². The first-order chi connectivity index (χ1) is 20.4. The number of aromatic nitrogens is 4. The van der Waals surface area contributed by atoms with Gasteiger partial charge in [-0.15, -0.1) is 22.7 Å². The molecule has 4 amide bonds. The van der Waals surface area contributed by atoms with Crippen molar-refractivity contribution >= 4 is 62.8 Å². The maximum atomic E-state index is 13.2. The van der Waals surface area contributed by atoms with Crippen LogP contribution >= 0.6 is 22.7 Å². The first kappa shape index (κ1) is 31.6. The summed E-state index contributed by atoms with van der Waals surface area (Å²) >= 11 is 2.58. The molecule has 0 atom stereocenters. The fraction of sp³-hybridized carbons (Fsp3) is 0.357. The number of nitrogens with zero attached hydrogens (tertiary/aromatic N) is 5. The lowest BCUT2D eigenvalue weighted by atomic mass is 10.1. The van der Waals surface area contributed by atoms with Crippen molar-refractivity contribution in [2.24, 2.45) is 14.1 Å². The molecule has 0 unspecified atom stereocenters. The van der Waals surface area contributed by atoms with Crippen LogP contribution in [0.25, 0.3) is 0 Å². The highest BCUT2D eigenvalue weighted by molar-refractivity contribution is 7.16. The first-order valence-corrected chi connectivity index (χ1v) is 15.3. The third-order valence-corrected chi connectivity index (χ3v) is 8.19. The van der Waals surface area contributed by atoms with Crippen LogP contribution < -0.4 is 21.3 Å². The number of thiazole rings is 2. The molecule has 0 fully saturated rings. The number of carbonyl (C=O) groups is 4. The normalized spacial score (nSPS) is 11.2. The number of amides is 4. The summed E-state index contributed by atoms with van der Waals surface area (Å²) in [7, 11) is 7.33. The number of carbonyl (C=O) groups excluding carboxylic acids is 4. The second-order valence-electron chi connectivity index (χ2n) is 10.5. The van der Waals surface area contributed by atoms with Gasteiger partial charge >= 0.3 is 0 Å². The minimum Gasteiger partial charge on any atom is -0.351 e. The van der Waals surface area contributed by atoms with Crippen molar-refractivity contribution < 1.29 is 19.2 Å². The minimum atomic E-state index is -0.434. The van der Waals surface area contributed by atoms with Crippen LogP contribution in [0.2, 0.25) is 0 Å². The van der Waals surface area contributed by atoms with Gasteiger partial charge in [0.1, 0.15) is 22.8 Å². The zero-order chi connectivity index (χ0) is 31.3. The molecule has 0 aromatic carbocycles. The molecular formula is C28H35N9O4S2. The number of nitrogens with one attached hydrogen (secondary N) is 4. The largest absolute Gasteiger partial charge is 0.351 e. The monoisotopic (exact) mass is 625 g/mol. The van der Waals surface area contributed by atoms with Crippen molar-refractivity contribution in [1.82, 2.24) is 29.3 Å². The highest BCUT2D eigenvalue weighted by Gasteiger charge is 2.23. The Kier molecular flexibility index (Phi) is 10.1. The standard InChI is InChI=1S/C28H35N9O4S2/c1-16(2)23-22(27(41)29-8-7-9-35(3)4)33-28(43-23)34-26(40)21-11-18(13-37(21)6)32-25(39)20-10-17(12-36(20)5)31-24(38)19-14-42-15-30-19/h10-16H,7-9H2,1-6H3,(H,29,41)(H,31,38)(H,32,39)(H,33,34,40). The Hall–Kier alpha value is -4.34. The molecule has 43 heavy (non-hydrogen) atoms. The second-order valence-corrected chi connectivity index (χ2v) is 12.2.